The third-order valence-electron chi connectivity index (χ3n) is 7.13. The van der Waals surface area contributed by atoms with Crippen LogP contribution in [0.5, 0.6) is 0 Å². The molecule has 0 amide bonds. The van der Waals surface area contributed by atoms with Crippen molar-refractivity contribution in [2.24, 2.45) is 10.2 Å². The number of nitrogens with zero attached hydrogens (tertiary/aromatic N) is 2. The molecule has 0 bridgehead atoms. The minimum absolute atomic E-state index is 0.0534. The van der Waals surface area contributed by atoms with Crippen molar-refractivity contribution in [1.82, 2.24) is 0 Å². The maximum atomic E-state index is 12.5. The Morgan fingerprint density at radius 1 is 0.500 bits per heavy atom. The summed E-state index contributed by atoms with van der Waals surface area (Å²) in [5, 5.41) is 8.31. The summed E-state index contributed by atoms with van der Waals surface area (Å²) in [4.78, 5) is 23.6. The first-order valence-electron chi connectivity index (χ1n) is 13.4. The average molecular weight is 655 g/mol. The van der Waals surface area contributed by atoms with Crippen LogP contribution in [0.15, 0.2) is 117 Å². The predicted molar refractivity (Wildman–Crippen MR) is 173 cm³/mol. The van der Waals surface area contributed by atoms with Crippen LogP contribution in [0.4, 0.5) is 11.4 Å². The van der Waals surface area contributed by atoms with Gasteiger partial charge in [0.2, 0.25) is 11.6 Å². The first-order chi connectivity index (χ1) is 21.9. The van der Waals surface area contributed by atoms with Gasteiger partial charge in [0.1, 0.15) is 21.2 Å². The van der Waals surface area contributed by atoms with Crippen molar-refractivity contribution in [1.29, 1.82) is 0 Å². The van der Waals surface area contributed by atoms with Gasteiger partial charge in [0.25, 0.3) is 20.2 Å². The van der Waals surface area contributed by atoms with Crippen molar-refractivity contribution in [3.05, 3.63) is 119 Å². The number of benzene rings is 4. The highest BCUT2D eigenvalue weighted by Gasteiger charge is 2.25. The predicted octanol–water partition coefficient (Wildman–Crippen LogP) is 4.67. The number of rotatable bonds is 7. The van der Waals surface area contributed by atoms with E-state index in [1.807, 2.05) is 0 Å². The lowest BCUT2D eigenvalue weighted by atomic mass is 9.95. The largest absolute Gasteiger partial charge is 0.295 e. The highest BCUT2D eigenvalue weighted by atomic mass is 32.2. The van der Waals surface area contributed by atoms with E-state index < -0.39 is 30.0 Å². The number of hydrogen-bond donors (Lipinski definition) is 4. The van der Waals surface area contributed by atoms with E-state index >= 15 is 0 Å². The molecule has 0 spiro atoms. The molecule has 0 fully saturated rings. The Bertz CT molecular complexity index is 2140. The molecule has 0 unspecified atom stereocenters. The van der Waals surface area contributed by atoms with E-state index in [2.05, 4.69) is 21.1 Å². The zero-order valence-corrected chi connectivity index (χ0v) is 25.1. The summed E-state index contributed by atoms with van der Waals surface area (Å²) < 4.78 is 70.1. The molecular weight excluding hydrogens is 633 g/mol. The molecule has 0 radical (unpaired) electrons. The summed E-state index contributed by atoms with van der Waals surface area (Å²) in [6, 6.07) is 21.2. The molecule has 0 aliphatic heterocycles. The van der Waals surface area contributed by atoms with Crippen LogP contribution < -0.4 is 10.9 Å². The second-order valence-electron chi connectivity index (χ2n) is 10.1. The van der Waals surface area contributed by atoms with E-state index in [0.717, 1.165) is 23.3 Å². The Labute approximate surface area is 263 Å². The third kappa shape index (κ3) is 6.05. The number of carbonyl (C=O) groups excluding carboxylic acids is 2. The minimum Gasteiger partial charge on any atom is -0.287 e. The lowest BCUT2D eigenvalue weighted by Crippen LogP contribution is -2.19. The Morgan fingerprint density at radius 3 is 1.28 bits per heavy atom. The average Bonchev–Trinajstić information content (AvgIpc) is 3.03. The molecule has 4 N–H and O–H groups in total. The molecule has 6 rings (SSSR count). The van der Waals surface area contributed by atoms with Gasteiger partial charge in [-0.25, -0.2) is 0 Å². The third-order valence-corrected chi connectivity index (χ3v) is 8.92. The monoisotopic (exact) mass is 654 g/mol. The summed E-state index contributed by atoms with van der Waals surface area (Å²) in [5.41, 5.74) is 7.61. The fourth-order valence-electron chi connectivity index (χ4n) is 5.00. The smallest absolute Gasteiger partial charge is 0.287 e. The molecular formula is C32H22N4O8S2. The summed E-state index contributed by atoms with van der Waals surface area (Å²) >= 11 is 0. The number of ketones is 2. The highest BCUT2D eigenvalue weighted by molar-refractivity contribution is 7.86. The standard InChI is InChI=1S/C32H22N4O8S2/c37-27-15-9-19-5-1-3-7-23(19)31(27)35-33-21-11-13-25(29(17-21)45(39,40)41)26-14-12-22(18-30(26)46(42,43)44)34-36-32-24-8-4-2-6-20(24)10-16-28(32)38/h1-18,33-34H,(H,39,40,41)(H,42,43,44)/b35-31+,36-32+. The summed E-state index contributed by atoms with van der Waals surface area (Å²) in [6.07, 6.45) is 5.99. The molecule has 0 saturated heterocycles. The molecule has 12 nitrogen and oxygen atoms in total. The van der Waals surface area contributed by atoms with Gasteiger partial charge in [0, 0.05) is 22.3 Å². The molecule has 2 aliphatic rings. The van der Waals surface area contributed by atoms with E-state index in [1.165, 1.54) is 36.4 Å². The Hall–Kier alpha value is -5.54. The maximum absolute atomic E-state index is 12.5. The van der Waals surface area contributed by atoms with Crippen molar-refractivity contribution >= 4 is 66.8 Å². The van der Waals surface area contributed by atoms with Gasteiger partial charge in [0.15, 0.2) is 0 Å². The van der Waals surface area contributed by atoms with Crippen LogP contribution in [0.2, 0.25) is 0 Å². The van der Waals surface area contributed by atoms with Gasteiger partial charge in [-0.3, -0.25) is 29.5 Å². The van der Waals surface area contributed by atoms with Gasteiger partial charge in [-0.2, -0.15) is 27.0 Å². The first-order valence-corrected chi connectivity index (χ1v) is 16.3. The van der Waals surface area contributed by atoms with Crippen LogP contribution in [0.1, 0.15) is 22.3 Å². The lowest BCUT2D eigenvalue weighted by Gasteiger charge is -2.15. The fraction of sp³-hybridized carbons (Fsp3) is 0. The normalized spacial score (nSPS) is 16.0. The van der Waals surface area contributed by atoms with Gasteiger partial charge in [-0.05, 0) is 47.5 Å². The quantitative estimate of drug-likeness (QED) is 0.161. The van der Waals surface area contributed by atoms with Crippen molar-refractivity contribution < 1.29 is 35.5 Å². The number of carbonyl (C=O) groups is 2. The number of fused-ring (bicyclic) bond motifs is 2. The van der Waals surface area contributed by atoms with Crippen molar-refractivity contribution in [3.8, 4) is 11.1 Å². The van der Waals surface area contributed by atoms with Crippen molar-refractivity contribution in [2.45, 2.75) is 9.79 Å². The second kappa shape index (κ2) is 11.8. The van der Waals surface area contributed by atoms with E-state index in [9.17, 15) is 35.5 Å². The fourth-order valence-corrected chi connectivity index (χ4v) is 6.46. The SMILES string of the molecule is O=C1C=Cc2ccccc2/C1=N\Nc1ccc(-c2ccc(N/N=C3/C(=O)C=Cc4ccccc43)cc2S(=O)(=O)O)c(S(=O)(=O)O)c1. The molecule has 4 aromatic carbocycles. The maximum Gasteiger partial charge on any atom is 0.295 e. The molecule has 14 heteroatoms. The summed E-state index contributed by atoms with van der Waals surface area (Å²) in [5.74, 6) is -0.772. The molecule has 0 heterocycles. The summed E-state index contributed by atoms with van der Waals surface area (Å²) in [7, 11) is -9.93. The number of anilines is 2. The van der Waals surface area contributed by atoms with Gasteiger partial charge in [0.05, 0.1) is 11.4 Å². The Morgan fingerprint density at radius 2 is 0.891 bits per heavy atom. The van der Waals surface area contributed by atoms with E-state index in [4.69, 9.17) is 0 Å². The summed E-state index contributed by atoms with van der Waals surface area (Å²) in [6.45, 7) is 0. The van der Waals surface area contributed by atoms with E-state index in [0.29, 0.717) is 11.1 Å². The first kappa shape index (κ1) is 30.5. The zero-order chi connectivity index (χ0) is 32.6. The van der Waals surface area contributed by atoms with E-state index in [-0.39, 0.29) is 45.5 Å². The molecule has 4 aromatic rings. The van der Waals surface area contributed by atoms with E-state index in [1.54, 1.807) is 60.7 Å². The van der Waals surface area contributed by atoms with Crippen LogP contribution in [0.3, 0.4) is 0 Å². The number of allylic oxidation sites excluding steroid dienone is 2. The van der Waals surface area contributed by atoms with Gasteiger partial charge in [-0.1, -0.05) is 72.8 Å². The minimum atomic E-state index is -4.96. The molecule has 230 valence electrons. The second-order valence-corrected chi connectivity index (χ2v) is 12.9. The van der Waals surface area contributed by atoms with Crippen LogP contribution in [-0.2, 0) is 29.8 Å². The molecule has 0 atom stereocenters. The lowest BCUT2D eigenvalue weighted by molar-refractivity contribution is -0.109. The molecule has 46 heavy (non-hydrogen) atoms. The molecule has 0 saturated carbocycles. The Balaban J connectivity index is 1.37. The number of hydrogen-bond acceptors (Lipinski definition) is 10. The van der Waals surface area contributed by atoms with Crippen LogP contribution in [0, 0.1) is 0 Å². The van der Waals surface area contributed by atoms with Crippen LogP contribution in [-0.4, -0.2) is 48.9 Å². The van der Waals surface area contributed by atoms with Crippen molar-refractivity contribution in [2.75, 3.05) is 10.9 Å². The molecule has 0 aromatic heterocycles. The number of nitrogens with one attached hydrogen (secondary N) is 2. The van der Waals surface area contributed by atoms with Crippen LogP contribution >= 0.6 is 0 Å². The highest BCUT2D eigenvalue weighted by Crippen LogP contribution is 2.36. The van der Waals surface area contributed by atoms with Gasteiger partial charge < -0.3 is 0 Å². The van der Waals surface area contributed by atoms with Crippen LogP contribution in [0.25, 0.3) is 23.3 Å². The molecule has 2 aliphatic carbocycles. The zero-order valence-electron chi connectivity index (χ0n) is 23.4. The van der Waals surface area contributed by atoms with Gasteiger partial charge in [-0.15, -0.1) is 0 Å². The van der Waals surface area contributed by atoms with Crippen molar-refractivity contribution in [3.63, 3.8) is 0 Å². The Kier molecular flexibility index (Phi) is 7.79. The number of hydrazone groups is 2. The topological polar surface area (TPSA) is 192 Å². The van der Waals surface area contributed by atoms with Gasteiger partial charge >= 0.3 is 0 Å².